The number of benzene rings is 1. The van der Waals surface area contributed by atoms with Crippen molar-refractivity contribution in [3.05, 3.63) is 73.2 Å². The number of fused-ring (bicyclic) bond motifs is 2. The zero-order valence-corrected chi connectivity index (χ0v) is 20.1. The van der Waals surface area contributed by atoms with Crippen LogP contribution in [0.15, 0.2) is 67.5 Å². The van der Waals surface area contributed by atoms with E-state index in [4.69, 9.17) is 0 Å². The SMILES string of the molecule is Cc1cn(-c2nccc3[nH]c(-c4n[nH]c5ccc(-c6cncc(NC(=O)C(C)C)c6)cc45)cc23)cn1. The molecule has 0 saturated heterocycles. The number of aromatic nitrogens is 7. The summed E-state index contributed by atoms with van der Waals surface area (Å²) in [4.78, 5) is 28.9. The predicted molar refractivity (Wildman–Crippen MR) is 140 cm³/mol. The number of imidazole rings is 1. The van der Waals surface area contributed by atoms with Gasteiger partial charge in [-0.05, 0) is 42.8 Å². The molecule has 178 valence electrons. The van der Waals surface area contributed by atoms with Gasteiger partial charge in [0.1, 0.15) is 17.8 Å². The van der Waals surface area contributed by atoms with E-state index in [2.05, 4.69) is 47.6 Å². The van der Waals surface area contributed by atoms with E-state index < -0.39 is 0 Å². The predicted octanol–water partition coefficient (Wildman–Crippen LogP) is 5.26. The first-order valence-corrected chi connectivity index (χ1v) is 11.7. The van der Waals surface area contributed by atoms with Crippen molar-refractivity contribution in [3.63, 3.8) is 0 Å². The molecular weight excluding hydrogens is 452 g/mol. The maximum Gasteiger partial charge on any atom is 0.226 e. The van der Waals surface area contributed by atoms with Crippen molar-refractivity contribution in [2.24, 2.45) is 5.92 Å². The van der Waals surface area contributed by atoms with Crippen LogP contribution in [0.1, 0.15) is 19.5 Å². The van der Waals surface area contributed by atoms with Crippen LogP contribution in [0.25, 0.3) is 50.1 Å². The molecule has 0 aliphatic carbocycles. The Labute approximate surface area is 206 Å². The topological polar surface area (TPSA) is 117 Å². The fraction of sp³-hybridized carbons (Fsp3) is 0.148. The number of pyridine rings is 2. The molecule has 1 aromatic carbocycles. The van der Waals surface area contributed by atoms with E-state index in [0.29, 0.717) is 5.69 Å². The number of carbonyl (C=O) groups is 1. The molecule has 9 heteroatoms. The molecule has 5 heterocycles. The van der Waals surface area contributed by atoms with Crippen LogP contribution >= 0.6 is 0 Å². The summed E-state index contributed by atoms with van der Waals surface area (Å²) in [7, 11) is 0. The van der Waals surface area contributed by atoms with Crippen molar-refractivity contribution in [1.82, 2.24) is 34.7 Å². The number of nitrogens with one attached hydrogen (secondary N) is 3. The second kappa shape index (κ2) is 8.46. The molecule has 6 rings (SSSR count). The van der Waals surface area contributed by atoms with Gasteiger partial charge in [0.05, 0.1) is 34.3 Å². The van der Waals surface area contributed by atoms with Crippen molar-refractivity contribution < 1.29 is 4.79 Å². The van der Waals surface area contributed by atoms with Crippen LogP contribution in [-0.4, -0.2) is 40.6 Å². The average Bonchev–Trinajstić information content (AvgIpc) is 3.61. The van der Waals surface area contributed by atoms with E-state index in [9.17, 15) is 4.79 Å². The summed E-state index contributed by atoms with van der Waals surface area (Å²) in [5, 5.41) is 12.6. The minimum Gasteiger partial charge on any atom is -0.353 e. The van der Waals surface area contributed by atoms with Gasteiger partial charge in [0.25, 0.3) is 0 Å². The normalized spacial score (nSPS) is 11.6. The maximum absolute atomic E-state index is 12.1. The maximum atomic E-state index is 12.1. The first-order chi connectivity index (χ1) is 17.5. The van der Waals surface area contributed by atoms with Gasteiger partial charge in [-0.25, -0.2) is 9.97 Å². The van der Waals surface area contributed by atoms with Gasteiger partial charge in [-0.3, -0.25) is 19.4 Å². The van der Waals surface area contributed by atoms with Crippen molar-refractivity contribution in [1.29, 1.82) is 0 Å². The third kappa shape index (κ3) is 3.80. The summed E-state index contributed by atoms with van der Waals surface area (Å²) in [6.45, 7) is 5.68. The number of nitrogens with zero attached hydrogens (tertiary/aromatic N) is 5. The third-order valence-corrected chi connectivity index (χ3v) is 6.16. The molecule has 0 spiro atoms. The summed E-state index contributed by atoms with van der Waals surface area (Å²) in [5.74, 6) is 0.658. The zero-order valence-electron chi connectivity index (χ0n) is 20.1. The molecule has 0 unspecified atom stereocenters. The van der Waals surface area contributed by atoms with Gasteiger partial charge in [-0.1, -0.05) is 19.9 Å². The number of carbonyl (C=O) groups excluding carboxylic acids is 1. The quantitative estimate of drug-likeness (QED) is 0.314. The Hall–Kier alpha value is -4.79. The molecule has 0 saturated carbocycles. The first kappa shape index (κ1) is 21.7. The number of anilines is 1. The smallest absolute Gasteiger partial charge is 0.226 e. The minimum absolute atomic E-state index is 0.0416. The molecule has 0 bridgehead atoms. The molecule has 36 heavy (non-hydrogen) atoms. The number of H-pyrrole nitrogens is 2. The summed E-state index contributed by atoms with van der Waals surface area (Å²) >= 11 is 0. The highest BCUT2D eigenvalue weighted by Gasteiger charge is 2.15. The zero-order chi connectivity index (χ0) is 24.8. The van der Waals surface area contributed by atoms with Crippen molar-refractivity contribution in [3.8, 4) is 28.3 Å². The fourth-order valence-electron chi connectivity index (χ4n) is 4.26. The summed E-state index contributed by atoms with van der Waals surface area (Å²) in [6.07, 6.45) is 8.96. The Bertz CT molecular complexity index is 1740. The van der Waals surface area contributed by atoms with Crippen LogP contribution in [0.4, 0.5) is 5.69 Å². The van der Waals surface area contributed by atoms with Crippen LogP contribution < -0.4 is 5.32 Å². The average molecular weight is 477 g/mol. The van der Waals surface area contributed by atoms with E-state index in [-0.39, 0.29) is 11.8 Å². The van der Waals surface area contributed by atoms with Crippen LogP contribution in [0, 0.1) is 12.8 Å². The van der Waals surface area contributed by atoms with Crippen LogP contribution in [0.5, 0.6) is 0 Å². The van der Waals surface area contributed by atoms with Crippen molar-refractivity contribution >= 4 is 33.4 Å². The Morgan fingerprint density at radius 3 is 2.69 bits per heavy atom. The molecule has 0 fully saturated rings. The summed E-state index contributed by atoms with van der Waals surface area (Å²) in [5.41, 5.74) is 7.07. The molecule has 6 aromatic rings. The lowest BCUT2D eigenvalue weighted by Gasteiger charge is -2.09. The van der Waals surface area contributed by atoms with Crippen molar-refractivity contribution in [2.45, 2.75) is 20.8 Å². The molecule has 0 aliphatic heterocycles. The number of amides is 1. The van der Waals surface area contributed by atoms with Gasteiger partial charge in [-0.15, -0.1) is 0 Å². The lowest BCUT2D eigenvalue weighted by atomic mass is 10.0. The summed E-state index contributed by atoms with van der Waals surface area (Å²) < 4.78 is 1.92. The van der Waals surface area contributed by atoms with E-state index in [1.165, 1.54) is 0 Å². The standard InChI is InChI=1S/C27H24N8O/c1-15(2)27(36)31-19-8-18(11-28-12-19)17-4-5-23-20(9-17)25(34-33-23)24-10-21-22(32-24)6-7-29-26(21)35-13-16(3)30-14-35/h4-15,32H,1-3H3,(H,31,36)(H,33,34). The number of hydrogen-bond donors (Lipinski definition) is 3. The fourth-order valence-corrected chi connectivity index (χ4v) is 4.26. The van der Waals surface area contributed by atoms with E-state index >= 15 is 0 Å². The molecule has 0 atom stereocenters. The largest absolute Gasteiger partial charge is 0.353 e. The lowest BCUT2D eigenvalue weighted by Crippen LogP contribution is -2.17. The Balaban J connectivity index is 1.41. The highest BCUT2D eigenvalue weighted by atomic mass is 16.1. The number of aromatic amines is 2. The highest BCUT2D eigenvalue weighted by Crippen LogP contribution is 2.33. The number of rotatable bonds is 5. The van der Waals surface area contributed by atoms with Gasteiger partial charge in [-0.2, -0.15) is 5.10 Å². The van der Waals surface area contributed by atoms with Gasteiger partial charge in [0, 0.05) is 40.8 Å². The van der Waals surface area contributed by atoms with Gasteiger partial charge >= 0.3 is 0 Å². The van der Waals surface area contributed by atoms with Gasteiger partial charge in [0.15, 0.2) is 0 Å². The van der Waals surface area contributed by atoms with E-state index in [1.807, 2.05) is 55.8 Å². The molecule has 0 aliphatic rings. The van der Waals surface area contributed by atoms with Crippen LogP contribution in [-0.2, 0) is 4.79 Å². The van der Waals surface area contributed by atoms with E-state index in [1.54, 1.807) is 24.9 Å². The second-order valence-corrected chi connectivity index (χ2v) is 9.14. The Kier molecular flexibility index (Phi) is 5.10. The summed E-state index contributed by atoms with van der Waals surface area (Å²) in [6, 6.07) is 12.1. The van der Waals surface area contributed by atoms with Crippen LogP contribution in [0.3, 0.4) is 0 Å². The lowest BCUT2D eigenvalue weighted by molar-refractivity contribution is -0.118. The third-order valence-electron chi connectivity index (χ3n) is 6.16. The van der Waals surface area contributed by atoms with Crippen molar-refractivity contribution in [2.75, 3.05) is 5.32 Å². The van der Waals surface area contributed by atoms with Gasteiger partial charge < -0.3 is 10.3 Å². The monoisotopic (exact) mass is 476 g/mol. The van der Waals surface area contributed by atoms with Crippen LogP contribution in [0.2, 0.25) is 0 Å². The molecule has 3 N–H and O–H groups in total. The molecule has 5 aromatic heterocycles. The number of aryl methyl sites for hydroxylation is 1. The Morgan fingerprint density at radius 1 is 1.00 bits per heavy atom. The second-order valence-electron chi connectivity index (χ2n) is 9.14. The Morgan fingerprint density at radius 2 is 1.89 bits per heavy atom. The van der Waals surface area contributed by atoms with E-state index in [0.717, 1.165) is 55.8 Å². The molecule has 0 radical (unpaired) electrons. The molecular formula is C27H24N8O. The number of hydrogen-bond acceptors (Lipinski definition) is 5. The van der Waals surface area contributed by atoms with Gasteiger partial charge in [0.2, 0.25) is 5.91 Å². The molecule has 1 amide bonds. The first-order valence-electron chi connectivity index (χ1n) is 11.7. The minimum atomic E-state index is -0.108. The highest BCUT2D eigenvalue weighted by molar-refractivity contribution is 5.99. The molecule has 9 nitrogen and oxygen atoms in total.